The molecule has 0 radical (unpaired) electrons. The van der Waals surface area contributed by atoms with Gasteiger partial charge < -0.3 is 14.2 Å². The lowest BCUT2D eigenvalue weighted by molar-refractivity contribution is -0.144. The quantitative estimate of drug-likeness (QED) is 0.669. The predicted octanol–water partition coefficient (Wildman–Crippen LogP) is 2.61. The summed E-state index contributed by atoms with van der Waals surface area (Å²) >= 11 is 0. The molecule has 2 fully saturated rings. The molecule has 0 aliphatic carbocycles. The van der Waals surface area contributed by atoms with Crippen LogP contribution in [0.25, 0.3) is 10.9 Å². The molecule has 0 saturated carbocycles. The molecular weight excluding hydrogens is 392 g/mol. The highest BCUT2D eigenvalue weighted by Crippen LogP contribution is 2.28. The lowest BCUT2D eigenvalue weighted by atomic mass is 10.1. The molecule has 0 unspecified atom stereocenters. The third-order valence-electron chi connectivity index (χ3n) is 6.88. The number of rotatable bonds is 6. The molecule has 1 aromatic carbocycles. The zero-order valence-corrected chi connectivity index (χ0v) is 18.3. The Kier molecular flexibility index (Phi) is 6.28. The van der Waals surface area contributed by atoms with Crippen molar-refractivity contribution in [3.63, 3.8) is 0 Å². The molecule has 3 heterocycles. The van der Waals surface area contributed by atoms with E-state index in [1.54, 1.807) is 0 Å². The van der Waals surface area contributed by atoms with Crippen molar-refractivity contribution in [2.75, 3.05) is 26.7 Å². The summed E-state index contributed by atoms with van der Waals surface area (Å²) in [5, 5.41) is 10.3. The summed E-state index contributed by atoms with van der Waals surface area (Å²) in [6, 6.07) is 10.2. The number of ether oxygens (including phenoxy) is 1. The van der Waals surface area contributed by atoms with Crippen molar-refractivity contribution in [1.82, 2.24) is 14.4 Å². The second-order valence-electron chi connectivity index (χ2n) is 8.65. The van der Waals surface area contributed by atoms with Crippen molar-refractivity contribution in [1.29, 1.82) is 5.26 Å². The van der Waals surface area contributed by atoms with E-state index in [2.05, 4.69) is 21.6 Å². The minimum atomic E-state index is -0.284. The highest BCUT2D eigenvalue weighted by Gasteiger charge is 2.38. The smallest absolute Gasteiger partial charge is 0.319 e. The van der Waals surface area contributed by atoms with Crippen LogP contribution in [-0.2, 0) is 27.8 Å². The van der Waals surface area contributed by atoms with Gasteiger partial charge in [-0.15, -0.1) is 0 Å². The molecule has 164 valence electrons. The number of hydrogen-bond donors (Lipinski definition) is 0. The van der Waals surface area contributed by atoms with Gasteiger partial charge in [0.1, 0.15) is 0 Å². The van der Waals surface area contributed by atoms with E-state index in [4.69, 9.17) is 10.00 Å². The lowest BCUT2D eigenvalue weighted by Gasteiger charge is -2.31. The SMILES string of the molecule is COC(=O)CN1CCC[C@@H]1C(=O)N1CCC[C@H]1CCc1cc2ccc(C#N)cc2n1C. The van der Waals surface area contributed by atoms with Crippen molar-refractivity contribution in [2.45, 2.75) is 50.6 Å². The van der Waals surface area contributed by atoms with E-state index in [1.165, 1.54) is 12.8 Å². The van der Waals surface area contributed by atoms with Crippen LogP contribution in [0, 0.1) is 11.3 Å². The number of benzene rings is 1. The highest BCUT2D eigenvalue weighted by molar-refractivity contribution is 5.84. The fourth-order valence-electron chi connectivity index (χ4n) is 5.15. The molecule has 4 rings (SSSR count). The van der Waals surface area contributed by atoms with Gasteiger partial charge in [-0.05, 0) is 68.7 Å². The van der Waals surface area contributed by atoms with Crippen LogP contribution < -0.4 is 0 Å². The first-order valence-electron chi connectivity index (χ1n) is 11.1. The molecule has 7 heteroatoms. The number of carbonyl (C=O) groups is 2. The van der Waals surface area contributed by atoms with E-state index in [9.17, 15) is 9.59 Å². The van der Waals surface area contributed by atoms with Crippen molar-refractivity contribution in [3.05, 3.63) is 35.5 Å². The third kappa shape index (κ3) is 4.31. The molecule has 0 bridgehead atoms. The van der Waals surface area contributed by atoms with E-state index in [1.807, 2.05) is 30.1 Å². The summed E-state index contributed by atoms with van der Waals surface area (Å²) in [7, 11) is 3.43. The van der Waals surface area contributed by atoms with Crippen LogP contribution in [0.2, 0.25) is 0 Å². The zero-order chi connectivity index (χ0) is 22.0. The van der Waals surface area contributed by atoms with E-state index < -0.39 is 0 Å². The number of fused-ring (bicyclic) bond motifs is 1. The number of methoxy groups -OCH3 is 1. The van der Waals surface area contributed by atoms with E-state index in [0.29, 0.717) is 5.56 Å². The molecule has 2 aliphatic rings. The highest BCUT2D eigenvalue weighted by atomic mass is 16.5. The van der Waals surface area contributed by atoms with Crippen molar-refractivity contribution in [3.8, 4) is 6.07 Å². The number of aryl methyl sites for hydroxylation is 2. The first kappa shape index (κ1) is 21.4. The molecule has 0 spiro atoms. The number of amides is 1. The monoisotopic (exact) mass is 422 g/mol. The first-order valence-corrected chi connectivity index (χ1v) is 11.1. The van der Waals surface area contributed by atoms with Crippen LogP contribution in [0.1, 0.15) is 43.4 Å². The summed E-state index contributed by atoms with van der Waals surface area (Å²) < 4.78 is 6.96. The van der Waals surface area contributed by atoms with Crippen molar-refractivity contribution in [2.24, 2.45) is 7.05 Å². The van der Waals surface area contributed by atoms with Crippen LogP contribution in [0.15, 0.2) is 24.3 Å². The summed E-state index contributed by atoms with van der Waals surface area (Å²) in [4.78, 5) is 29.1. The maximum atomic E-state index is 13.3. The van der Waals surface area contributed by atoms with Crippen molar-refractivity contribution < 1.29 is 14.3 Å². The number of nitrogens with zero attached hydrogens (tertiary/aromatic N) is 4. The number of esters is 1. The van der Waals surface area contributed by atoms with E-state index in [-0.39, 0.29) is 30.5 Å². The van der Waals surface area contributed by atoms with Gasteiger partial charge in [0.25, 0.3) is 0 Å². The Morgan fingerprint density at radius 3 is 2.77 bits per heavy atom. The third-order valence-corrected chi connectivity index (χ3v) is 6.88. The Morgan fingerprint density at radius 2 is 2.00 bits per heavy atom. The number of likely N-dealkylation sites (tertiary alicyclic amines) is 2. The molecule has 2 saturated heterocycles. The number of hydrogen-bond acceptors (Lipinski definition) is 5. The summed E-state index contributed by atoms with van der Waals surface area (Å²) in [6.07, 6.45) is 5.61. The predicted molar refractivity (Wildman–Crippen MR) is 117 cm³/mol. The Balaban J connectivity index is 1.43. The molecule has 2 atom stereocenters. The maximum Gasteiger partial charge on any atom is 0.319 e. The summed E-state index contributed by atoms with van der Waals surface area (Å²) in [5.41, 5.74) is 2.95. The van der Waals surface area contributed by atoms with E-state index in [0.717, 1.165) is 62.5 Å². The minimum absolute atomic E-state index is 0.166. The van der Waals surface area contributed by atoms with Crippen LogP contribution >= 0.6 is 0 Å². The summed E-state index contributed by atoms with van der Waals surface area (Å²) in [5.74, 6) is -0.118. The van der Waals surface area contributed by atoms with Gasteiger partial charge in [0, 0.05) is 30.8 Å². The van der Waals surface area contributed by atoms with Crippen LogP contribution in [0.3, 0.4) is 0 Å². The van der Waals surface area contributed by atoms with Gasteiger partial charge in [0.2, 0.25) is 5.91 Å². The van der Waals surface area contributed by atoms with Gasteiger partial charge in [0.15, 0.2) is 0 Å². The molecular formula is C24H30N4O3. The number of carbonyl (C=O) groups excluding carboxylic acids is 2. The fraction of sp³-hybridized carbons (Fsp3) is 0.542. The van der Waals surface area contributed by atoms with Gasteiger partial charge >= 0.3 is 5.97 Å². The molecule has 1 amide bonds. The van der Waals surface area contributed by atoms with Gasteiger partial charge in [0.05, 0.1) is 31.3 Å². The van der Waals surface area contributed by atoms with Gasteiger partial charge in [-0.2, -0.15) is 5.26 Å². The maximum absolute atomic E-state index is 13.3. The van der Waals surface area contributed by atoms with Gasteiger partial charge in [-0.1, -0.05) is 6.07 Å². The lowest BCUT2D eigenvalue weighted by Crippen LogP contribution is -2.48. The second-order valence-corrected chi connectivity index (χ2v) is 8.65. The molecule has 0 N–H and O–H groups in total. The van der Waals surface area contributed by atoms with Crippen LogP contribution in [-0.4, -0.2) is 65.1 Å². The zero-order valence-electron chi connectivity index (χ0n) is 18.3. The normalized spacial score (nSPS) is 21.5. The van der Waals surface area contributed by atoms with Crippen LogP contribution in [0.4, 0.5) is 0 Å². The average molecular weight is 423 g/mol. The molecule has 2 aromatic rings. The fourth-order valence-corrected chi connectivity index (χ4v) is 5.15. The van der Waals surface area contributed by atoms with E-state index >= 15 is 0 Å². The minimum Gasteiger partial charge on any atom is -0.468 e. The van der Waals surface area contributed by atoms with Gasteiger partial charge in [-0.3, -0.25) is 14.5 Å². The first-order chi connectivity index (χ1) is 15.0. The summed E-state index contributed by atoms with van der Waals surface area (Å²) in [6.45, 7) is 1.75. The Bertz CT molecular complexity index is 1020. The molecule has 7 nitrogen and oxygen atoms in total. The topological polar surface area (TPSA) is 78.6 Å². The Hall–Kier alpha value is -2.85. The average Bonchev–Trinajstić information content (AvgIpc) is 3.51. The van der Waals surface area contributed by atoms with Gasteiger partial charge in [-0.25, -0.2) is 0 Å². The standard InChI is InChI=1S/C24H30N4O3/c1-26-20(14-18-8-7-17(15-25)13-22(18)26)10-9-19-5-3-12-28(19)24(30)21-6-4-11-27(21)16-23(29)31-2/h7-8,13-14,19,21H,3-6,9-12,16H2,1-2H3/t19-,21+/m0/s1. The second kappa shape index (κ2) is 9.11. The Labute approximate surface area is 183 Å². The molecule has 2 aliphatic heterocycles. The van der Waals surface area contributed by atoms with Crippen LogP contribution in [0.5, 0.6) is 0 Å². The largest absolute Gasteiger partial charge is 0.468 e. The molecule has 1 aromatic heterocycles. The Morgan fingerprint density at radius 1 is 1.19 bits per heavy atom. The van der Waals surface area contributed by atoms with Crippen molar-refractivity contribution >= 4 is 22.8 Å². The number of aromatic nitrogens is 1. The molecule has 31 heavy (non-hydrogen) atoms. The number of nitriles is 1.